The highest BCUT2D eigenvalue weighted by atomic mass is 35.5. The van der Waals surface area contributed by atoms with Gasteiger partial charge in [0.15, 0.2) is 6.61 Å². The molecular formula is C19H20ClNO4S. The molecule has 2 aromatic rings. The lowest BCUT2D eigenvalue weighted by Crippen LogP contribution is -2.31. The molecule has 2 rings (SSSR count). The Balaban J connectivity index is 1.72. The monoisotopic (exact) mass is 393 g/mol. The lowest BCUT2D eigenvalue weighted by molar-refractivity contribution is -0.146. The molecule has 0 unspecified atom stereocenters. The second-order valence-corrected chi connectivity index (χ2v) is 6.89. The van der Waals surface area contributed by atoms with Crippen molar-refractivity contribution in [1.82, 2.24) is 5.32 Å². The van der Waals surface area contributed by atoms with Crippen molar-refractivity contribution < 1.29 is 19.1 Å². The van der Waals surface area contributed by atoms with Crippen molar-refractivity contribution in [3.63, 3.8) is 0 Å². The quantitative estimate of drug-likeness (QED) is 0.545. The summed E-state index contributed by atoms with van der Waals surface area (Å²) in [6, 6.07) is 14.3. The van der Waals surface area contributed by atoms with Crippen LogP contribution < -0.4 is 10.1 Å². The van der Waals surface area contributed by atoms with E-state index in [-0.39, 0.29) is 24.3 Å². The fourth-order valence-corrected chi connectivity index (χ4v) is 3.18. The molecule has 5 nitrogen and oxygen atoms in total. The topological polar surface area (TPSA) is 64.6 Å². The standard InChI is InChI=1S/C19H20ClNO4S/c1-13(16-5-3-4-6-17(16)20)21-18(22)11-25-19(23)12-26-15-9-7-14(24-2)8-10-15/h3-10,13H,11-12H2,1-2H3,(H,21,22)/t13-/m0/s1. The van der Waals surface area contributed by atoms with Gasteiger partial charge in [0.25, 0.3) is 5.91 Å². The first-order chi connectivity index (χ1) is 12.5. The Morgan fingerprint density at radius 1 is 1.15 bits per heavy atom. The minimum Gasteiger partial charge on any atom is -0.497 e. The number of amides is 1. The molecule has 0 fully saturated rings. The highest BCUT2D eigenvalue weighted by Crippen LogP contribution is 2.22. The van der Waals surface area contributed by atoms with Crippen molar-refractivity contribution >= 4 is 35.2 Å². The van der Waals surface area contributed by atoms with Gasteiger partial charge in [-0.1, -0.05) is 29.8 Å². The molecule has 0 aliphatic rings. The number of nitrogens with one attached hydrogen (secondary N) is 1. The summed E-state index contributed by atoms with van der Waals surface area (Å²) in [5.74, 6) is 0.0486. The fraction of sp³-hybridized carbons (Fsp3) is 0.263. The van der Waals surface area contributed by atoms with Gasteiger partial charge in [0.1, 0.15) is 5.75 Å². The summed E-state index contributed by atoms with van der Waals surface area (Å²) in [4.78, 5) is 24.6. The Hall–Kier alpha value is -2.18. The van der Waals surface area contributed by atoms with E-state index in [2.05, 4.69) is 5.32 Å². The summed E-state index contributed by atoms with van der Waals surface area (Å²) >= 11 is 7.43. The Kier molecular flexibility index (Phi) is 7.81. The van der Waals surface area contributed by atoms with Crippen molar-refractivity contribution in [3.05, 3.63) is 59.1 Å². The van der Waals surface area contributed by atoms with E-state index in [9.17, 15) is 9.59 Å². The second kappa shape index (κ2) is 10.1. The molecule has 0 aliphatic heterocycles. The van der Waals surface area contributed by atoms with E-state index in [0.29, 0.717) is 5.02 Å². The maximum Gasteiger partial charge on any atom is 0.316 e. The third-order valence-corrected chi connectivity index (χ3v) is 4.86. The highest BCUT2D eigenvalue weighted by Gasteiger charge is 2.14. The molecule has 138 valence electrons. The lowest BCUT2D eigenvalue weighted by atomic mass is 10.1. The van der Waals surface area contributed by atoms with Gasteiger partial charge in [0, 0.05) is 9.92 Å². The van der Waals surface area contributed by atoms with E-state index in [1.165, 1.54) is 11.8 Å². The number of rotatable bonds is 8. The molecule has 0 heterocycles. The number of hydrogen-bond donors (Lipinski definition) is 1. The number of halogens is 1. The second-order valence-electron chi connectivity index (χ2n) is 5.44. The zero-order valence-corrected chi connectivity index (χ0v) is 16.1. The Morgan fingerprint density at radius 2 is 1.85 bits per heavy atom. The molecule has 26 heavy (non-hydrogen) atoms. The predicted molar refractivity (Wildman–Crippen MR) is 103 cm³/mol. The van der Waals surface area contributed by atoms with Gasteiger partial charge in [-0.05, 0) is 42.8 Å². The van der Waals surface area contributed by atoms with Crippen LogP contribution in [0.5, 0.6) is 5.75 Å². The molecule has 0 saturated heterocycles. The minimum atomic E-state index is -0.452. The Morgan fingerprint density at radius 3 is 2.50 bits per heavy atom. The van der Waals surface area contributed by atoms with Crippen molar-refractivity contribution in [2.75, 3.05) is 19.5 Å². The summed E-state index contributed by atoms with van der Waals surface area (Å²) in [5.41, 5.74) is 0.809. The van der Waals surface area contributed by atoms with E-state index in [4.69, 9.17) is 21.1 Å². The number of hydrogen-bond acceptors (Lipinski definition) is 5. The summed E-state index contributed by atoms with van der Waals surface area (Å²) in [7, 11) is 1.59. The number of thioether (sulfide) groups is 1. The number of ether oxygens (including phenoxy) is 2. The van der Waals surface area contributed by atoms with Crippen molar-refractivity contribution in [2.24, 2.45) is 0 Å². The fourth-order valence-electron chi connectivity index (χ4n) is 2.19. The third kappa shape index (κ3) is 6.28. The van der Waals surface area contributed by atoms with Gasteiger partial charge >= 0.3 is 5.97 Å². The molecule has 0 saturated carbocycles. The summed E-state index contributed by atoms with van der Waals surface area (Å²) in [6.07, 6.45) is 0. The van der Waals surface area contributed by atoms with Gasteiger partial charge in [0.05, 0.1) is 18.9 Å². The average Bonchev–Trinajstić information content (AvgIpc) is 2.65. The van der Waals surface area contributed by atoms with Gasteiger partial charge < -0.3 is 14.8 Å². The van der Waals surface area contributed by atoms with Crippen LogP contribution in [-0.4, -0.2) is 31.3 Å². The summed E-state index contributed by atoms with van der Waals surface area (Å²) in [6.45, 7) is 1.50. The lowest BCUT2D eigenvalue weighted by Gasteiger charge is -2.15. The first-order valence-electron chi connectivity index (χ1n) is 7.96. The SMILES string of the molecule is COc1ccc(SCC(=O)OCC(=O)N[C@@H](C)c2ccccc2Cl)cc1. The smallest absolute Gasteiger partial charge is 0.316 e. The van der Waals surface area contributed by atoms with Gasteiger partial charge in [-0.3, -0.25) is 9.59 Å². The first-order valence-corrected chi connectivity index (χ1v) is 9.32. The van der Waals surface area contributed by atoms with Crippen LogP contribution in [0.4, 0.5) is 0 Å². The maximum atomic E-state index is 11.9. The van der Waals surface area contributed by atoms with E-state index in [0.717, 1.165) is 16.2 Å². The van der Waals surface area contributed by atoms with E-state index in [1.807, 2.05) is 49.4 Å². The van der Waals surface area contributed by atoms with Gasteiger partial charge in [-0.15, -0.1) is 11.8 Å². The molecule has 1 N–H and O–H groups in total. The Labute approximate surface area is 162 Å². The van der Waals surface area contributed by atoms with Crippen LogP contribution in [0.2, 0.25) is 5.02 Å². The van der Waals surface area contributed by atoms with E-state index in [1.54, 1.807) is 13.2 Å². The average molecular weight is 394 g/mol. The van der Waals surface area contributed by atoms with Crippen molar-refractivity contribution in [2.45, 2.75) is 17.9 Å². The number of carbonyl (C=O) groups excluding carboxylic acids is 2. The van der Waals surface area contributed by atoms with Crippen LogP contribution in [0.25, 0.3) is 0 Å². The molecule has 7 heteroatoms. The number of esters is 1. The first kappa shape index (κ1) is 20.1. The molecular weight excluding hydrogens is 374 g/mol. The van der Waals surface area contributed by atoms with Crippen LogP contribution in [0.15, 0.2) is 53.4 Å². The molecule has 0 aliphatic carbocycles. The van der Waals surface area contributed by atoms with Crippen molar-refractivity contribution in [3.8, 4) is 5.75 Å². The van der Waals surface area contributed by atoms with Crippen LogP contribution >= 0.6 is 23.4 Å². The molecule has 0 bridgehead atoms. The number of carbonyl (C=O) groups is 2. The Bertz CT molecular complexity index is 751. The van der Waals surface area contributed by atoms with Crippen LogP contribution in [-0.2, 0) is 14.3 Å². The predicted octanol–water partition coefficient (Wildman–Crippen LogP) is 3.86. The summed E-state index contributed by atoms with van der Waals surface area (Å²) < 4.78 is 10.1. The largest absolute Gasteiger partial charge is 0.497 e. The molecule has 2 aromatic carbocycles. The molecule has 0 spiro atoms. The summed E-state index contributed by atoms with van der Waals surface area (Å²) in [5, 5.41) is 3.33. The van der Waals surface area contributed by atoms with Crippen molar-refractivity contribution in [1.29, 1.82) is 0 Å². The van der Waals surface area contributed by atoms with E-state index < -0.39 is 5.97 Å². The molecule has 0 aromatic heterocycles. The zero-order chi connectivity index (χ0) is 18.9. The van der Waals surface area contributed by atoms with Gasteiger partial charge in [-0.2, -0.15) is 0 Å². The van der Waals surface area contributed by atoms with Gasteiger partial charge in [-0.25, -0.2) is 0 Å². The van der Waals surface area contributed by atoms with E-state index >= 15 is 0 Å². The van der Waals surface area contributed by atoms with Crippen LogP contribution in [0.3, 0.4) is 0 Å². The molecule has 0 radical (unpaired) electrons. The minimum absolute atomic E-state index is 0.125. The highest BCUT2D eigenvalue weighted by molar-refractivity contribution is 8.00. The zero-order valence-electron chi connectivity index (χ0n) is 14.5. The van der Waals surface area contributed by atoms with Crippen LogP contribution in [0.1, 0.15) is 18.5 Å². The third-order valence-electron chi connectivity index (χ3n) is 3.53. The maximum absolute atomic E-state index is 11.9. The molecule has 1 amide bonds. The number of benzene rings is 2. The van der Waals surface area contributed by atoms with Gasteiger partial charge in [0.2, 0.25) is 0 Å². The molecule has 1 atom stereocenters. The van der Waals surface area contributed by atoms with Crippen LogP contribution in [0, 0.1) is 0 Å². The number of methoxy groups -OCH3 is 1. The normalized spacial score (nSPS) is 11.5.